The summed E-state index contributed by atoms with van der Waals surface area (Å²) in [4.78, 5) is 0. The van der Waals surface area contributed by atoms with E-state index in [1.54, 1.807) is 32.1 Å². The number of allylic oxidation sites excluding steroid dienone is 2. The Balaban J connectivity index is 0.000000123. The number of hydrogen-bond donors (Lipinski definition) is 0. The van der Waals surface area contributed by atoms with Gasteiger partial charge in [-0.2, -0.15) is 0 Å². The van der Waals surface area contributed by atoms with Gasteiger partial charge in [-0.3, -0.25) is 0 Å². The third kappa shape index (κ3) is 2.99. The predicted octanol–water partition coefficient (Wildman–Crippen LogP) is 4.97. The molecule has 3 aliphatic rings. The van der Waals surface area contributed by atoms with E-state index in [9.17, 15) is 0 Å². The molecule has 0 aromatic rings. The first-order chi connectivity index (χ1) is 7.81. The molecule has 0 N–H and O–H groups in total. The van der Waals surface area contributed by atoms with E-state index in [1.165, 1.54) is 31.1 Å². The van der Waals surface area contributed by atoms with Crippen molar-refractivity contribution in [3.05, 3.63) is 25.3 Å². The molecule has 3 fully saturated rings. The molecule has 0 aromatic carbocycles. The summed E-state index contributed by atoms with van der Waals surface area (Å²) in [5, 5.41) is 0. The van der Waals surface area contributed by atoms with Crippen molar-refractivity contribution >= 4 is 0 Å². The van der Waals surface area contributed by atoms with Crippen LogP contribution in [0.4, 0.5) is 0 Å². The standard InChI is InChI=1S/C9H14.C7H12/c1-3-8-5-6-9(4-2)7-8;1-2-7-4-3-6(1)5-7/h3-4,8-9H,1-2,5-7H2;6-7H,1-5H2. The third-order valence-electron chi connectivity index (χ3n) is 4.81. The van der Waals surface area contributed by atoms with Crippen molar-refractivity contribution in [1.29, 1.82) is 0 Å². The number of hydrogen-bond acceptors (Lipinski definition) is 0. The predicted molar refractivity (Wildman–Crippen MR) is 71.3 cm³/mol. The van der Waals surface area contributed by atoms with Crippen LogP contribution in [0.15, 0.2) is 25.3 Å². The summed E-state index contributed by atoms with van der Waals surface area (Å²) in [5.41, 5.74) is 0. The Bertz CT molecular complexity index is 208. The molecule has 3 saturated carbocycles. The zero-order valence-electron chi connectivity index (χ0n) is 10.5. The summed E-state index contributed by atoms with van der Waals surface area (Å²) >= 11 is 0. The summed E-state index contributed by atoms with van der Waals surface area (Å²) in [7, 11) is 0. The zero-order chi connectivity index (χ0) is 11.4. The van der Waals surface area contributed by atoms with Crippen LogP contribution in [0, 0.1) is 23.7 Å². The van der Waals surface area contributed by atoms with Gasteiger partial charge < -0.3 is 0 Å². The van der Waals surface area contributed by atoms with Gasteiger partial charge >= 0.3 is 0 Å². The van der Waals surface area contributed by atoms with Crippen LogP contribution >= 0.6 is 0 Å². The molecule has 0 heterocycles. The molecule has 0 aliphatic heterocycles. The molecule has 0 amide bonds. The second-order valence-corrected chi connectivity index (χ2v) is 5.93. The molecular weight excluding hydrogens is 192 g/mol. The fourth-order valence-electron chi connectivity index (χ4n) is 3.66. The first-order valence-corrected chi connectivity index (χ1v) is 7.07. The molecule has 16 heavy (non-hydrogen) atoms. The van der Waals surface area contributed by atoms with E-state index in [0.29, 0.717) is 0 Å². The van der Waals surface area contributed by atoms with E-state index in [4.69, 9.17) is 0 Å². The van der Waals surface area contributed by atoms with Crippen molar-refractivity contribution in [2.24, 2.45) is 23.7 Å². The van der Waals surface area contributed by atoms with Crippen LogP contribution in [0.3, 0.4) is 0 Å². The lowest BCUT2D eigenvalue weighted by atomic mass is 10.0. The highest BCUT2D eigenvalue weighted by molar-refractivity contribution is 4.92. The fraction of sp³-hybridized carbons (Fsp3) is 0.750. The van der Waals surface area contributed by atoms with E-state index in [2.05, 4.69) is 25.3 Å². The molecule has 3 aliphatic carbocycles. The first-order valence-electron chi connectivity index (χ1n) is 7.07. The van der Waals surface area contributed by atoms with Crippen LogP contribution in [0.5, 0.6) is 0 Å². The van der Waals surface area contributed by atoms with Crippen LogP contribution in [0.1, 0.15) is 51.4 Å². The normalized spacial score (nSPS) is 40.2. The van der Waals surface area contributed by atoms with Gasteiger partial charge in [0.25, 0.3) is 0 Å². The summed E-state index contributed by atoms with van der Waals surface area (Å²) in [6.07, 6.45) is 15.9. The molecule has 0 saturated heterocycles. The summed E-state index contributed by atoms with van der Waals surface area (Å²) in [6, 6.07) is 0. The van der Waals surface area contributed by atoms with Gasteiger partial charge in [0.05, 0.1) is 0 Å². The Morgan fingerprint density at radius 3 is 1.25 bits per heavy atom. The molecule has 0 heteroatoms. The number of rotatable bonds is 2. The van der Waals surface area contributed by atoms with Gasteiger partial charge in [0, 0.05) is 0 Å². The zero-order valence-corrected chi connectivity index (χ0v) is 10.5. The van der Waals surface area contributed by atoms with E-state index in [0.717, 1.165) is 11.8 Å². The SMILES string of the molecule is C1CC2CCC1C2.C=CC1CCC(C=C)C1. The Hall–Kier alpha value is -0.520. The minimum Gasteiger partial charge on any atom is -0.103 e. The monoisotopic (exact) mass is 218 g/mol. The van der Waals surface area contributed by atoms with E-state index >= 15 is 0 Å². The summed E-state index contributed by atoms with van der Waals surface area (Å²) < 4.78 is 0. The maximum Gasteiger partial charge on any atom is -0.0230 e. The fourth-order valence-corrected chi connectivity index (χ4v) is 3.66. The average Bonchev–Trinajstić information content (AvgIpc) is 3.06. The van der Waals surface area contributed by atoms with E-state index in [-0.39, 0.29) is 0 Å². The van der Waals surface area contributed by atoms with Crippen LogP contribution in [0.25, 0.3) is 0 Å². The van der Waals surface area contributed by atoms with Gasteiger partial charge in [0.2, 0.25) is 0 Å². The van der Waals surface area contributed by atoms with Crippen LogP contribution < -0.4 is 0 Å². The highest BCUT2D eigenvalue weighted by atomic mass is 14.4. The van der Waals surface area contributed by atoms with Gasteiger partial charge in [-0.05, 0) is 49.4 Å². The molecule has 0 radical (unpaired) electrons. The lowest BCUT2D eigenvalue weighted by molar-refractivity contribution is 0.480. The van der Waals surface area contributed by atoms with Gasteiger partial charge in [0.15, 0.2) is 0 Å². The molecule has 0 aromatic heterocycles. The third-order valence-corrected chi connectivity index (χ3v) is 4.81. The Morgan fingerprint density at radius 1 is 0.625 bits per heavy atom. The molecule has 0 nitrogen and oxygen atoms in total. The largest absolute Gasteiger partial charge is 0.103 e. The molecule has 0 spiro atoms. The smallest absolute Gasteiger partial charge is 0.0230 e. The molecule has 3 rings (SSSR count). The second kappa shape index (κ2) is 5.70. The summed E-state index contributed by atoms with van der Waals surface area (Å²) in [5.74, 6) is 3.89. The van der Waals surface area contributed by atoms with Crippen molar-refractivity contribution < 1.29 is 0 Å². The number of fused-ring (bicyclic) bond motifs is 2. The second-order valence-electron chi connectivity index (χ2n) is 5.93. The lowest BCUT2D eigenvalue weighted by Gasteiger charge is -2.05. The van der Waals surface area contributed by atoms with Crippen molar-refractivity contribution in [1.82, 2.24) is 0 Å². The Morgan fingerprint density at radius 2 is 1.06 bits per heavy atom. The van der Waals surface area contributed by atoms with E-state index in [1.807, 2.05) is 0 Å². The highest BCUT2D eigenvalue weighted by Crippen LogP contribution is 2.43. The maximum absolute atomic E-state index is 3.78. The molecule has 90 valence electrons. The molecular formula is C16H26. The Labute approximate surface area is 101 Å². The quantitative estimate of drug-likeness (QED) is 0.574. The van der Waals surface area contributed by atoms with Gasteiger partial charge in [0.1, 0.15) is 0 Å². The Kier molecular flexibility index (Phi) is 4.26. The topological polar surface area (TPSA) is 0 Å². The van der Waals surface area contributed by atoms with Crippen LogP contribution in [0.2, 0.25) is 0 Å². The first kappa shape index (κ1) is 12.0. The van der Waals surface area contributed by atoms with Crippen molar-refractivity contribution in [2.75, 3.05) is 0 Å². The van der Waals surface area contributed by atoms with Gasteiger partial charge in [-0.25, -0.2) is 0 Å². The van der Waals surface area contributed by atoms with Gasteiger partial charge in [-0.1, -0.05) is 37.8 Å². The molecule has 2 unspecified atom stereocenters. The minimum atomic E-state index is 0.771. The maximum atomic E-state index is 3.78. The lowest BCUT2D eigenvalue weighted by Crippen LogP contribution is -1.90. The van der Waals surface area contributed by atoms with E-state index < -0.39 is 0 Å². The summed E-state index contributed by atoms with van der Waals surface area (Å²) in [6.45, 7) is 7.55. The van der Waals surface area contributed by atoms with Crippen molar-refractivity contribution in [3.8, 4) is 0 Å². The molecule has 2 bridgehead atoms. The van der Waals surface area contributed by atoms with Crippen LogP contribution in [-0.2, 0) is 0 Å². The average molecular weight is 218 g/mol. The minimum absolute atomic E-state index is 0.771. The van der Waals surface area contributed by atoms with Gasteiger partial charge in [-0.15, -0.1) is 13.2 Å². The molecule has 2 atom stereocenters. The van der Waals surface area contributed by atoms with Crippen molar-refractivity contribution in [2.45, 2.75) is 51.4 Å². The van der Waals surface area contributed by atoms with Crippen LogP contribution in [-0.4, -0.2) is 0 Å². The highest BCUT2D eigenvalue weighted by Gasteiger charge is 2.30. The van der Waals surface area contributed by atoms with Crippen molar-refractivity contribution in [3.63, 3.8) is 0 Å².